The molecule has 1 aliphatic rings. The van der Waals surface area contributed by atoms with Gasteiger partial charge in [-0.1, -0.05) is 11.3 Å². The minimum absolute atomic E-state index is 0.253. The van der Waals surface area contributed by atoms with Gasteiger partial charge >= 0.3 is 5.97 Å². The molecule has 3 N–H and O–H groups in total. The van der Waals surface area contributed by atoms with Crippen LogP contribution in [0.15, 0.2) is 29.5 Å². The number of nitrogens with one attached hydrogen (secondary N) is 3. The summed E-state index contributed by atoms with van der Waals surface area (Å²) in [6.07, 6.45) is 4.69. The van der Waals surface area contributed by atoms with Gasteiger partial charge in [-0.3, -0.25) is 10.2 Å². The van der Waals surface area contributed by atoms with Gasteiger partial charge in [-0.25, -0.2) is 9.80 Å². The lowest BCUT2D eigenvalue weighted by Crippen LogP contribution is -2.21. The Morgan fingerprint density at radius 3 is 2.87 bits per heavy atom. The summed E-state index contributed by atoms with van der Waals surface area (Å²) in [6.45, 7) is 1.77. The smallest absolute Gasteiger partial charge is 0.341 e. The van der Waals surface area contributed by atoms with Crippen LogP contribution in [0.3, 0.4) is 0 Å². The summed E-state index contributed by atoms with van der Waals surface area (Å²) in [5.41, 5.74) is 8.98. The van der Waals surface area contributed by atoms with Crippen molar-refractivity contribution in [1.29, 1.82) is 10.9 Å². The molecule has 1 aliphatic carbocycles. The molecule has 30 heavy (non-hydrogen) atoms. The molecule has 1 heterocycles. The van der Waals surface area contributed by atoms with Crippen LogP contribution in [0.4, 0.5) is 10.7 Å². The average Bonchev–Trinajstić information content (AvgIpc) is 3.11. The van der Waals surface area contributed by atoms with E-state index in [0.29, 0.717) is 22.0 Å². The number of esters is 1. The van der Waals surface area contributed by atoms with Crippen LogP contribution in [0.1, 0.15) is 40.6 Å². The zero-order chi connectivity index (χ0) is 21.5. The number of benzene rings is 1. The third kappa shape index (κ3) is 4.82. The molecule has 0 unspecified atom stereocenters. The first kappa shape index (κ1) is 21.4. The maximum absolute atomic E-state index is 12.5. The van der Waals surface area contributed by atoms with E-state index in [4.69, 9.17) is 20.4 Å². The standard InChI is InChI=1S/C20H23N5O4S/c1-2-28-20(27)18-15-8-3-4-9-16(15)30-19(18)23-17(26)11-29-14-7-5-6-13(10-14)25(12-21)24-22/h5-7,10,12,21-22H,2-4,8-9,11H2,1H3,(H,23,26). The monoisotopic (exact) mass is 429 g/mol. The molecule has 0 saturated heterocycles. The van der Waals surface area contributed by atoms with E-state index in [1.54, 1.807) is 31.2 Å². The summed E-state index contributed by atoms with van der Waals surface area (Å²) in [7, 11) is 0. The number of carbonyl (C=O) groups excluding carboxylic acids is 2. The molecule has 0 aliphatic heterocycles. The largest absolute Gasteiger partial charge is 0.484 e. The van der Waals surface area contributed by atoms with Crippen molar-refractivity contribution in [3.8, 4) is 5.75 Å². The molecule has 0 spiro atoms. The summed E-state index contributed by atoms with van der Waals surface area (Å²) in [5.74, 6) is -0.403. The first-order valence-corrected chi connectivity index (χ1v) is 10.4. The molecule has 1 amide bonds. The van der Waals surface area contributed by atoms with Gasteiger partial charge in [0.15, 0.2) is 6.61 Å². The van der Waals surface area contributed by atoms with Gasteiger partial charge in [0, 0.05) is 10.9 Å². The number of nitrogens with zero attached hydrogens (tertiary/aromatic N) is 2. The molecule has 2 aromatic rings. The normalized spacial score (nSPS) is 12.4. The van der Waals surface area contributed by atoms with Crippen molar-refractivity contribution in [3.05, 3.63) is 40.3 Å². The highest BCUT2D eigenvalue weighted by atomic mass is 32.1. The van der Waals surface area contributed by atoms with Crippen molar-refractivity contribution in [2.45, 2.75) is 32.6 Å². The van der Waals surface area contributed by atoms with Gasteiger partial charge in [-0.2, -0.15) is 5.53 Å². The zero-order valence-corrected chi connectivity index (χ0v) is 17.4. The highest BCUT2D eigenvalue weighted by molar-refractivity contribution is 7.17. The number of rotatable bonds is 9. The molecule has 0 radical (unpaired) electrons. The van der Waals surface area contributed by atoms with Gasteiger partial charge in [0.05, 0.1) is 17.9 Å². The number of ether oxygens (including phenoxy) is 2. The summed E-state index contributed by atoms with van der Waals surface area (Å²) in [5, 5.41) is 14.8. The Morgan fingerprint density at radius 1 is 1.33 bits per heavy atom. The van der Waals surface area contributed by atoms with Crippen molar-refractivity contribution in [2.24, 2.45) is 5.22 Å². The van der Waals surface area contributed by atoms with Gasteiger partial charge in [0.2, 0.25) is 0 Å². The van der Waals surface area contributed by atoms with Crippen LogP contribution in [0.25, 0.3) is 0 Å². The number of hydrogen-bond donors (Lipinski definition) is 3. The molecule has 10 heteroatoms. The molecule has 0 saturated carbocycles. The lowest BCUT2D eigenvalue weighted by Gasteiger charge is -2.13. The molecule has 1 aromatic carbocycles. The van der Waals surface area contributed by atoms with Crippen molar-refractivity contribution in [3.63, 3.8) is 0 Å². The lowest BCUT2D eigenvalue weighted by atomic mass is 9.95. The predicted octanol–water partition coefficient (Wildman–Crippen LogP) is 4.18. The zero-order valence-electron chi connectivity index (χ0n) is 16.6. The molecular formula is C20H23N5O4S. The first-order chi connectivity index (χ1) is 14.6. The van der Waals surface area contributed by atoms with Gasteiger partial charge in [-0.05, 0) is 50.3 Å². The predicted molar refractivity (Wildman–Crippen MR) is 114 cm³/mol. The van der Waals surface area contributed by atoms with E-state index >= 15 is 0 Å². The lowest BCUT2D eigenvalue weighted by molar-refractivity contribution is -0.118. The Balaban J connectivity index is 1.70. The number of aryl methyl sites for hydroxylation is 1. The van der Waals surface area contributed by atoms with Gasteiger partial charge in [0.25, 0.3) is 5.91 Å². The Morgan fingerprint density at radius 2 is 2.13 bits per heavy atom. The average molecular weight is 430 g/mol. The second kappa shape index (κ2) is 9.97. The van der Waals surface area contributed by atoms with Crippen molar-refractivity contribution >= 4 is 40.2 Å². The van der Waals surface area contributed by atoms with Crippen molar-refractivity contribution in [2.75, 3.05) is 23.5 Å². The first-order valence-electron chi connectivity index (χ1n) is 9.59. The second-order valence-electron chi connectivity index (χ2n) is 6.54. The number of thiophene rings is 1. The van der Waals surface area contributed by atoms with E-state index in [1.807, 2.05) is 0 Å². The molecule has 3 rings (SSSR count). The number of amides is 1. The molecule has 0 fully saturated rings. The fourth-order valence-corrected chi connectivity index (χ4v) is 4.56. The maximum Gasteiger partial charge on any atom is 0.341 e. The van der Waals surface area contributed by atoms with Crippen LogP contribution >= 0.6 is 11.3 Å². The number of fused-ring (bicyclic) bond motifs is 1. The Bertz CT molecular complexity index is 951. The summed E-state index contributed by atoms with van der Waals surface area (Å²) in [6, 6.07) is 6.58. The fraction of sp³-hybridized carbons (Fsp3) is 0.350. The van der Waals surface area contributed by atoms with E-state index in [2.05, 4.69) is 10.5 Å². The summed E-state index contributed by atoms with van der Waals surface area (Å²) in [4.78, 5) is 26.1. The SMILES string of the molecule is CCOC(=O)c1c(NC(=O)COc2cccc(N(C=N)N=N)c2)sc2c1CCCC2. The highest BCUT2D eigenvalue weighted by Gasteiger charge is 2.27. The Labute approximate surface area is 178 Å². The fourth-order valence-electron chi connectivity index (χ4n) is 3.26. The number of carbonyl (C=O) groups is 2. The second-order valence-corrected chi connectivity index (χ2v) is 7.65. The topological polar surface area (TPSA) is 128 Å². The van der Waals surface area contributed by atoms with Gasteiger partial charge in [0.1, 0.15) is 17.1 Å². The number of anilines is 2. The van der Waals surface area contributed by atoms with Crippen LogP contribution in [0.5, 0.6) is 5.75 Å². The maximum atomic E-state index is 12.5. The van der Waals surface area contributed by atoms with Crippen molar-refractivity contribution < 1.29 is 19.1 Å². The number of hydrogen-bond acceptors (Lipinski definition) is 8. The molecule has 9 nitrogen and oxygen atoms in total. The van der Waals surface area contributed by atoms with E-state index in [9.17, 15) is 9.59 Å². The van der Waals surface area contributed by atoms with Gasteiger partial charge in [-0.15, -0.1) is 11.3 Å². The van der Waals surface area contributed by atoms with E-state index in [-0.39, 0.29) is 13.2 Å². The van der Waals surface area contributed by atoms with Crippen LogP contribution in [0, 0.1) is 10.9 Å². The Kier molecular flexibility index (Phi) is 7.12. The molecule has 0 bridgehead atoms. The van der Waals surface area contributed by atoms with Crippen LogP contribution < -0.4 is 15.1 Å². The highest BCUT2D eigenvalue weighted by Crippen LogP contribution is 2.38. The van der Waals surface area contributed by atoms with Crippen LogP contribution in [-0.2, 0) is 22.4 Å². The Hall–Kier alpha value is -3.27. The van der Waals surface area contributed by atoms with Crippen molar-refractivity contribution in [1.82, 2.24) is 0 Å². The van der Waals surface area contributed by atoms with E-state index in [1.165, 1.54) is 11.3 Å². The molecule has 158 valence electrons. The summed E-state index contributed by atoms with van der Waals surface area (Å²) < 4.78 is 10.7. The minimum atomic E-state index is -0.410. The van der Waals surface area contributed by atoms with E-state index < -0.39 is 11.9 Å². The third-order valence-corrected chi connectivity index (χ3v) is 5.79. The molecular weight excluding hydrogens is 406 g/mol. The minimum Gasteiger partial charge on any atom is -0.484 e. The quantitative estimate of drug-likeness (QED) is 0.181. The van der Waals surface area contributed by atoms with E-state index in [0.717, 1.165) is 47.5 Å². The molecule has 1 aromatic heterocycles. The van der Waals surface area contributed by atoms with Crippen LogP contribution in [0.2, 0.25) is 0 Å². The summed E-state index contributed by atoms with van der Waals surface area (Å²) >= 11 is 1.43. The van der Waals surface area contributed by atoms with Gasteiger partial charge < -0.3 is 14.8 Å². The molecule has 0 atom stereocenters. The third-order valence-electron chi connectivity index (χ3n) is 4.59. The van der Waals surface area contributed by atoms with Crippen LogP contribution in [-0.4, -0.2) is 31.4 Å².